The van der Waals surface area contributed by atoms with Crippen molar-refractivity contribution in [3.05, 3.63) is 0 Å². The molecule has 1 heterocycles. The van der Waals surface area contributed by atoms with Gasteiger partial charge >= 0.3 is 5.97 Å². The number of carboxylic acids is 1. The first-order chi connectivity index (χ1) is 8.33. The predicted molar refractivity (Wildman–Crippen MR) is 66.1 cm³/mol. The van der Waals surface area contributed by atoms with Crippen LogP contribution in [0, 0.1) is 5.92 Å². The molecule has 1 rings (SSSR count). The first-order valence-corrected chi connectivity index (χ1v) is 6.27. The normalized spacial score (nSPS) is 18.4. The van der Waals surface area contributed by atoms with Crippen LogP contribution in [-0.2, 0) is 9.59 Å². The Labute approximate surface area is 107 Å². The summed E-state index contributed by atoms with van der Waals surface area (Å²) >= 11 is 0. The number of hydrogen-bond donors (Lipinski definition) is 3. The SMILES string of the molecule is CC(C)C1(O)CN(CC(=O)NCCCC(=O)O)C1. The number of nitrogens with zero attached hydrogens (tertiary/aromatic N) is 1. The second kappa shape index (κ2) is 6.15. The van der Waals surface area contributed by atoms with Crippen LogP contribution < -0.4 is 5.32 Å². The smallest absolute Gasteiger partial charge is 0.303 e. The molecule has 0 aromatic heterocycles. The molecule has 1 fully saturated rings. The number of rotatable bonds is 7. The lowest BCUT2D eigenvalue weighted by Crippen LogP contribution is -2.65. The molecule has 0 atom stereocenters. The number of carbonyl (C=O) groups is 2. The summed E-state index contributed by atoms with van der Waals surface area (Å²) in [5, 5.41) is 21.1. The fourth-order valence-corrected chi connectivity index (χ4v) is 1.93. The van der Waals surface area contributed by atoms with Gasteiger partial charge in [-0.1, -0.05) is 13.8 Å². The van der Waals surface area contributed by atoms with Gasteiger partial charge in [-0.25, -0.2) is 0 Å². The largest absolute Gasteiger partial charge is 0.481 e. The molecule has 0 unspecified atom stereocenters. The summed E-state index contributed by atoms with van der Waals surface area (Å²) < 4.78 is 0. The van der Waals surface area contributed by atoms with Crippen LogP contribution in [0.1, 0.15) is 26.7 Å². The molecule has 0 bridgehead atoms. The Balaban J connectivity index is 2.10. The quantitative estimate of drug-likeness (QED) is 0.544. The Morgan fingerprint density at radius 2 is 2.00 bits per heavy atom. The van der Waals surface area contributed by atoms with Crippen LogP contribution in [0.25, 0.3) is 0 Å². The standard InChI is InChI=1S/C12H22N2O4/c1-9(2)12(18)7-14(8-12)6-10(15)13-5-3-4-11(16)17/h9,18H,3-8H2,1-2H3,(H,13,15)(H,16,17). The van der Waals surface area contributed by atoms with Crippen molar-refractivity contribution in [1.29, 1.82) is 0 Å². The number of hydrogen-bond acceptors (Lipinski definition) is 4. The number of nitrogens with one attached hydrogen (secondary N) is 1. The van der Waals surface area contributed by atoms with E-state index >= 15 is 0 Å². The van der Waals surface area contributed by atoms with E-state index in [2.05, 4.69) is 5.32 Å². The summed E-state index contributed by atoms with van der Waals surface area (Å²) in [4.78, 5) is 23.6. The molecule has 0 aliphatic carbocycles. The first kappa shape index (κ1) is 14.9. The molecule has 0 aromatic rings. The third-order valence-corrected chi connectivity index (χ3v) is 3.33. The van der Waals surface area contributed by atoms with Crippen LogP contribution in [0.3, 0.4) is 0 Å². The molecule has 1 aliphatic rings. The lowest BCUT2D eigenvalue weighted by Gasteiger charge is -2.48. The molecule has 1 aliphatic heterocycles. The van der Waals surface area contributed by atoms with E-state index in [-0.39, 0.29) is 24.8 Å². The Hall–Kier alpha value is -1.14. The summed E-state index contributed by atoms with van der Waals surface area (Å²) in [5.41, 5.74) is -0.663. The maximum absolute atomic E-state index is 11.5. The molecule has 1 saturated heterocycles. The van der Waals surface area contributed by atoms with Crippen molar-refractivity contribution in [2.75, 3.05) is 26.2 Å². The van der Waals surface area contributed by atoms with E-state index in [1.54, 1.807) is 0 Å². The van der Waals surface area contributed by atoms with Gasteiger partial charge in [-0.15, -0.1) is 0 Å². The topological polar surface area (TPSA) is 89.9 Å². The predicted octanol–water partition coefficient (Wildman–Crippen LogP) is -0.330. The third kappa shape index (κ3) is 4.27. The maximum Gasteiger partial charge on any atom is 0.303 e. The van der Waals surface area contributed by atoms with Crippen molar-refractivity contribution in [2.24, 2.45) is 5.92 Å². The summed E-state index contributed by atoms with van der Waals surface area (Å²) in [6.07, 6.45) is 0.508. The minimum atomic E-state index is -0.853. The average Bonchev–Trinajstić information content (AvgIpc) is 2.21. The number of aliphatic hydroxyl groups is 1. The molecule has 0 radical (unpaired) electrons. The Morgan fingerprint density at radius 3 is 2.50 bits per heavy atom. The van der Waals surface area contributed by atoms with Crippen LogP contribution in [0.4, 0.5) is 0 Å². The van der Waals surface area contributed by atoms with Gasteiger partial charge in [0.1, 0.15) is 0 Å². The molecule has 0 saturated carbocycles. The highest BCUT2D eigenvalue weighted by Crippen LogP contribution is 2.27. The minimum Gasteiger partial charge on any atom is -0.481 e. The van der Waals surface area contributed by atoms with Crippen molar-refractivity contribution in [2.45, 2.75) is 32.3 Å². The van der Waals surface area contributed by atoms with Crippen molar-refractivity contribution >= 4 is 11.9 Å². The van der Waals surface area contributed by atoms with Crippen molar-refractivity contribution < 1.29 is 19.8 Å². The third-order valence-electron chi connectivity index (χ3n) is 3.33. The van der Waals surface area contributed by atoms with Gasteiger partial charge in [-0.2, -0.15) is 0 Å². The maximum atomic E-state index is 11.5. The first-order valence-electron chi connectivity index (χ1n) is 6.27. The lowest BCUT2D eigenvalue weighted by molar-refractivity contribution is -0.142. The van der Waals surface area contributed by atoms with E-state index in [0.29, 0.717) is 26.1 Å². The van der Waals surface area contributed by atoms with Crippen molar-refractivity contribution in [3.8, 4) is 0 Å². The molecule has 6 nitrogen and oxygen atoms in total. The summed E-state index contributed by atoms with van der Waals surface area (Å²) in [6, 6.07) is 0. The van der Waals surface area contributed by atoms with E-state index < -0.39 is 11.6 Å². The Morgan fingerprint density at radius 1 is 1.39 bits per heavy atom. The monoisotopic (exact) mass is 258 g/mol. The van der Waals surface area contributed by atoms with Gasteiger partial charge in [0.15, 0.2) is 0 Å². The van der Waals surface area contributed by atoms with E-state index in [4.69, 9.17) is 5.11 Å². The number of aliphatic carboxylic acids is 1. The number of carbonyl (C=O) groups excluding carboxylic acids is 1. The molecular weight excluding hydrogens is 236 g/mol. The summed E-state index contributed by atoms with van der Waals surface area (Å²) in [6.45, 7) is 5.61. The molecule has 0 aromatic carbocycles. The molecular formula is C12H22N2O4. The van der Waals surface area contributed by atoms with Gasteiger partial charge in [-0.05, 0) is 12.3 Å². The van der Waals surface area contributed by atoms with Gasteiger partial charge < -0.3 is 15.5 Å². The molecule has 104 valence electrons. The molecule has 6 heteroatoms. The zero-order valence-electron chi connectivity index (χ0n) is 11.0. The van der Waals surface area contributed by atoms with Crippen LogP contribution in [0.15, 0.2) is 0 Å². The van der Waals surface area contributed by atoms with Gasteiger partial charge in [0.2, 0.25) is 5.91 Å². The summed E-state index contributed by atoms with van der Waals surface area (Å²) in [7, 11) is 0. The highest BCUT2D eigenvalue weighted by atomic mass is 16.4. The number of amides is 1. The average molecular weight is 258 g/mol. The number of likely N-dealkylation sites (tertiary alicyclic amines) is 1. The highest BCUT2D eigenvalue weighted by molar-refractivity contribution is 5.78. The second-order valence-corrected chi connectivity index (χ2v) is 5.25. The van der Waals surface area contributed by atoms with Gasteiger partial charge in [0.25, 0.3) is 0 Å². The molecule has 0 spiro atoms. The Bertz CT molecular complexity index is 311. The van der Waals surface area contributed by atoms with E-state index in [1.165, 1.54) is 0 Å². The van der Waals surface area contributed by atoms with Crippen LogP contribution >= 0.6 is 0 Å². The van der Waals surface area contributed by atoms with Crippen molar-refractivity contribution in [3.63, 3.8) is 0 Å². The lowest BCUT2D eigenvalue weighted by atomic mass is 9.83. The highest BCUT2D eigenvalue weighted by Gasteiger charge is 2.43. The van der Waals surface area contributed by atoms with E-state index in [9.17, 15) is 14.7 Å². The van der Waals surface area contributed by atoms with Gasteiger partial charge in [-0.3, -0.25) is 14.5 Å². The zero-order chi connectivity index (χ0) is 13.8. The van der Waals surface area contributed by atoms with Crippen LogP contribution in [0.5, 0.6) is 0 Å². The molecule has 18 heavy (non-hydrogen) atoms. The molecule has 3 N–H and O–H groups in total. The molecule has 1 amide bonds. The number of β-amino-alcohol motifs (C(OH)–C–C–N with tert-alkyl or cyclic N) is 1. The fraction of sp³-hybridized carbons (Fsp3) is 0.833. The Kier molecular flexibility index (Phi) is 5.10. The van der Waals surface area contributed by atoms with Gasteiger partial charge in [0.05, 0.1) is 12.1 Å². The fourth-order valence-electron chi connectivity index (χ4n) is 1.93. The van der Waals surface area contributed by atoms with E-state index in [1.807, 2.05) is 18.7 Å². The van der Waals surface area contributed by atoms with E-state index in [0.717, 1.165) is 0 Å². The summed E-state index contributed by atoms with van der Waals surface area (Å²) in [5.74, 6) is -0.785. The second-order valence-electron chi connectivity index (χ2n) is 5.25. The van der Waals surface area contributed by atoms with Crippen LogP contribution in [0.2, 0.25) is 0 Å². The van der Waals surface area contributed by atoms with Crippen LogP contribution in [-0.4, -0.2) is 58.8 Å². The minimum absolute atomic E-state index is 0.0666. The van der Waals surface area contributed by atoms with Gasteiger partial charge in [0, 0.05) is 26.1 Å². The number of carboxylic acid groups (broad SMARTS) is 1. The van der Waals surface area contributed by atoms with Crippen molar-refractivity contribution in [1.82, 2.24) is 10.2 Å². The zero-order valence-corrected chi connectivity index (χ0v) is 11.0.